The van der Waals surface area contributed by atoms with Gasteiger partial charge in [0, 0.05) is 6.07 Å². The number of carbonyl (C=O) groups is 1. The van der Waals surface area contributed by atoms with E-state index >= 15 is 0 Å². The van der Waals surface area contributed by atoms with Gasteiger partial charge in [0.25, 0.3) is 5.69 Å². The summed E-state index contributed by atoms with van der Waals surface area (Å²) in [6.45, 7) is 2.23. The van der Waals surface area contributed by atoms with Crippen LogP contribution in [0.3, 0.4) is 0 Å². The summed E-state index contributed by atoms with van der Waals surface area (Å²) in [7, 11) is 0. The summed E-state index contributed by atoms with van der Waals surface area (Å²) in [6.07, 6.45) is 0.667. The lowest BCUT2D eigenvalue weighted by Crippen LogP contribution is -2.23. The second kappa shape index (κ2) is 5.23. The molecule has 0 aliphatic carbocycles. The molecule has 0 bridgehead atoms. The molecule has 7 nitrogen and oxygen atoms in total. The number of nitro benzene ring substituents is 1. The second-order valence-electron chi connectivity index (χ2n) is 4.52. The highest BCUT2D eigenvalue weighted by atomic mass is 16.6. The normalized spacial score (nSPS) is 22.2. The number of nitrogens with zero attached hydrogens (tertiary/aromatic N) is 1. The lowest BCUT2D eigenvalue weighted by molar-refractivity contribution is -0.384. The maximum Gasteiger partial charge on any atom is 0.273 e. The Balaban J connectivity index is 2.07. The fourth-order valence-electron chi connectivity index (χ4n) is 1.97. The second-order valence-corrected chi connectivity index (χ2v) is 4.52. The van der Waals surface area contributed by atoms with Crippen molar-refractivity contribution in [3.8, 4) is 5.75 Å². The van der Waals surface area contributed by atoms with E-state index in [0.717, 1.165) is 6.07 Å². The van der Waals surface area contributed by atoms with Crippen LogP contribution in [0.4, 0.5) is 11.4 Å². The van der Waals surface area contributed by atoms with Gasteiger partial charge in [-0.05, 0) is 19.4 Å². The monoisotopic (exact) mass is 266 g/mol. The number of phenolic OH excluding ortho intramolecular Hbond substituents is 1. The Kier molecular flexibility index (Phi) is 3.66. The standard InChI is InChI=1S/C12H14N2O5/c1-7-4-8(6-19-7)12(16)13-10-3-2-9(14(17)18)5-11(10)15/h2-3,5,7-8,15H,4,6H2,1H3,(H,13,16). The van der Waals surface area contributed by atoms with E-state index in [0.29, 0.717) is 13.0 Å². The molecule has 0 spiro atoms. The number of rotatable bonds is 3. The number of nitro groups is 1. The summed E-state index contributed by atoms with van der Waals surface area (Å²) in [5, 5.41) is 22.7. The van der Waals surface area contributed by atoms with E-state index in [4.69, 9.17) is 4.74 Å². The molecule has 0 saturated carbocycles. The Labute approximate surface area is 109 Å². The smallest absolute Gasteiger partial charge is 0.273 e. The number of ether oxygens (including phenoxy) is 1. The highest BCUT2D eigenvalue weighted by Crippen LogP contribution is 2.29. The van der Waals surface area contributed by atoms with Crippen LogP contribution in [-0.4, -0.2) is 28.6 Å². The number of nitrogens with one attached hydrogen (secondary N) is 1. The molecule has 1 aliphatic heterocycles. The van der Waals surface area contributed by atoms with Crippen LogP contribution in [0.2, 0.25) is 0 Å². The predicted molar refractivity (Wildman–Crippen MR) is 66.9 cm³/mol. The lowest BCUT2D eigenvalue weighted by atomic mass is 10.1. The molecule has 2 N–H and O–H groups in total. The van der Waals surface area contributed by atoms with Gasteiger partial charge in [0.1, 0.15) is 5.75 Å². The van der Waals surface area contributed by atoms with Gasteiger partial charge in [-0.25, -0.2) is 0 Å². The molecule has 1 aliphatic rings. The zero-order valence-electron chi connectivity index (χ0n) is 10.3. The number of amides is 1. The van der Waals surface area contributed by atoms with Crippen molar-refractivity contribution < 1.29 is 19.6 Å². The van der Waals surface area contributed by atoms with E-state index in [9.17, 15) is 20.0 Å². The number of carbonyl (C=O) groups excluding carboxylic acids is 1. The van der Waals surface area contributed by atoms with Crippen LogP contribution in [0.5, 0.6) is 5.75 Å². The van der Waals surface area contributed by atoms with Gasteiger partial charge in [-0.2, -0.15) is 0 Å². The third-order valence-electron chi connectivity index (χ3n) is 3.02. The molecular weight excluding hydrogens is 252 g/mol. The van der Waals surface area contributed by atoms with Crippen LogP contribution in [0.1, 0.15) is 13.3 Å². The molecular formula is C12H14N2O5. The molecule has 1 amide bonds. The van der Waals surface area contributed by atoms with Crippen molar-refractivity contribution in [1.82, 2.24) is 0 Å². The highest BCUT2D eigenvalue weighted by molar-refractivity contribution is 5.94. The Morgan fingerprint density at radius 3 is 2.84 bits per heavy atom. The Morgan fingerprint density at radius 2 is 2.32 bits per heavy atom. The van der Waals surface area contributed by atoms with Crippen molar-refractivity contribution in [2.24, 2.45) is 5.92 Å². The van der Waals surface area contributed by atoms with Crippen molar-refractivity contribution in [3.63, 3.8) is 0 Å². The number of hydrogen-bond acceptors (Lipinski definition) is 5. The van der Waals surface area contributed by atoms with Crippen molar-refractivity contribution in [3.05, 3.63) is 28.3 Å². The van der Waals surface area contributed by atoms with Gasteiger partial charge in [0.15, 0.2) is 0 Å². The molecule has 1 fully saturated rings. The minimum Gasteiger partial charge on any atom is -0.506 e. The topological polar surface area (TPSA) is 102 Å². The van der Waals surface area contributed by atoms with Gasteiger partial charge < -0.3 is 15.2 Å². The van der Waals surface area contributed by atoms with Crippen LogP contribution in [0.25, 0.3) is 0 Å². The van der Waals surface area contributed by atoms with E-state index in [2.05, 4.69) is 5.32 Å². The minimum atomic E-state index is -0.613. The number of phenols is 1. The average Bonchev–Trinajstić information content (AvgIpc) is 2.78. The molecule has 1 aromatic rings. The third-order valence-corrected chi connectivity index (χ3v) is 3.02. The molecule has 19 heavy (non-hydrogen) atoms. The van der Waals surface area contributed by atoms with Crippen molar-refractivity contribution >= 4 is 17.3 Å². The van der Waals surface area contributed by atoms with Crippen LogP contribution < -0.4 is 5.32 Å². The molecule has 1 heterocycles. The van der Waals surface area contributed by atoms with Gasteiger partial charge in [-0.1, -0.05) is 0 Å². The molecule has 7 heteroatoms. The zero-order valence-corrected chi connectivity index (χ0v) is 10.3. The molecule has 1 aromatic carbocycles. The molecule has 2 unspecified atom stereocenters. The fraction of sp³-hybridized carbons (Fsp3) is 0.417. The van der Waals surface area contributed by atoms with Crippen molar-refractivity contribution in [1.29, 1.82) is 0 Å². The number of anilines is 1. The summed E-state index contributed by atoms with van der Waals surface area (Å²) in [6, 6.07) is 3.54. The molecule has 2 atom stereocenters. The SMILES string of the molecule is CC1CC(C(=O)Nc2ccc([N+](=O)[O-])cc2O)CO1. The van der Waals surface area contributed by atoms with Crippen molar-refractivity contribution in [2.45, 2.75) is 19.4 Å². The molecule has 102 valence electrons. The van der Waals surface area contributed by atoms with Crippen molar-refractivity contribution in [2.75, 3.05) is 11.9 Å². The summed E-state index contributed by atoms with van der Waals surface area (Å²) in [5.41, 5.74) is -0.0662. The number of aromatic hydroxyl groups is 1. The third kappa shape index (κ3) is 3.00. The Hall–Kier alpha value is -2.15. The first-order valence-corrected chi connectivity index (χ1v) is 5.87. The van der Waals surface area contributed by atoms with E-state index in [-0.39, 0.29) is 35.1 Å². The van der Waals surface area contributed by atoms with E-state index < -0.39 is 4.92 Å². The maximum absolute atomic E-state index is 11.9. The highest BCUT2D eigenvalue weighted by Gasteiger charge is 2.28. The molecule has 1 saturated heterocycles. The average molecular weight is 266 g/mol. The lowest BCUT2D eigenvalue weighted by Gasteiger charge is -2.10. The van der Waals surface area contributed by atoms with Crippen LogP contribution in [-0.2, 0) is 9.53 Å². The number of non-ortho nitro benzene ring substituents is 1. The van der Waals surface area contributed by atoms with Gasteiger partial charge in [-0.3, -0.25) is 14.9 Å². The summed E-state index contributed by atoms with van der Waals surface area (Å²) in [4.78, 5) is 21.8. The first-order chi connectivity index (χ1) is 8.97. The van der Waals surface area contributed by atoms with E-state index in [1.54, 1.807) is 0 Å². The summed E-state index contributed by atoms with van der Waals surface area (Å²) < 4.78 is 5.29. The Bertz CT molecular complexity index is 517. The molecule has 2 rings (SSSR count). The first-order valence-electron chi connectivity index (χ1n) is 5.87. The Morgan fingerprint density at radius 1 is 1.58 bits per heavy atom. The van der Waals surface area contributed by atoms with Crippen LogP contribution >= 0.6 is 0 Å². The van der Waals surface area contributed by atoms with Gasteiger partial charge in [0.05, 0.1) is 35.3 Å². The summed E-state index contributed by atoms with van der Waals surface area (Å²) >= 11 is 0. The fourth-order valence-corrected chi connectivity index (χ4v) is 1.97. The largest absolute Gasteiger partial charge is 0.506 e. The van der Waals surface area contributed by atoms with Gasteiger partial charge in [-0.15, -0.1) is 0 Å². The quantitative estimate of drug-likeness (QED) is 0.492. The van der Waals surface area contributed by atoms with Crippen LogP contribution in [0.15, 0.2) is 18.2 Å². The van der Waals surface area contributed by atoms with Gasteiger partial charge in [0.2, 0.25) is 5.91 Å². The van der Waals surface area contributed by atoms with E-state index in [1.807, 2.05) is 6.92 Å². The van der Waals surface area contributed by atoms with Crippen LogP contribution in [0, 0.1) is 16.0 Å². The maximum atomic E-state index is 11.9. The molecule has 0 aromatic heterocycles. The summed E-state index contributed by atoms with van der Waals surface area (Å²) in [5.74, 6) is -0.840. The number of hydrogen-bond donors (Lipinski definition) is 2. The number of benzene rings is 1. The first kappa shape index (κ1) is 13.3. The van der Waals surface area contributed by atoms with Gasteiger partial charge >= 0.3 is 0 Å². The van der Waals surface area contributed by atoms with E-state index in [1.165, 1.54) is 12.1 Å². The molecule has 0 radical (unpaired) electrons. The predicted octanol–water partition coefficient (Wildman–Crippen LogP) is 1.66. The minimum absolute atomic E-state index is 0.0428. The zero-order chi connectivity index (χ0) is 14.0.